The maximum Gasteiger partial charge on any atom is 0.0445 e. The highest BCUT2D eigenvalue weighted by molar-refractivity contribution is 9.11. The van der Waals surface area contributed by atoms with Gasteiger partial charge in [0.1, 0.15) is 0 Å². The summed E-state index contributed by atoms with van der Waals surface area (Å²) in [5, 5.41) is 12.1. The first-order chi connectivity index (χ1) is 5.57. The molecule has 12 heavy (non-hydrogen) atoms. The van der Waals surface area contributed by atoms with Gasteiger partial charge in [-0.3, -0.25) is 0 Å². The predicted octanol–water partition coefficient (Wildman–Crippen LogP) is 1.89. The Labute approximate surface area is 83.2 Å². The smallest absolute Gasteiger partial charge is 0.0445 e. The highest BCUT2D eigenvalue weighted by Crippen LogP contribution is 2.07. The van der Waals surface area contributed by atoms with Gasteiger partial charge in [0.2, 0.25) is 0 Å². The maximum atomic E-state index is 8.78. The van der Waals surface area contributed by atoms with E-state index in [1.165, 1.54) is 0 Å². The van der Waals surface area contributed by atoms with Crippen molar-refractivity contribution >= 4 is 15.9 Å². The maximum absolute atomic E-state index is 8.78. The van der Waals surface area contributed by atoms with Crippen LogP contribution in [0.3, 0.4) is 0 Å². The number of aliphatic hydroxyl groups excluding tert-OH is 1. The summed E-state index contributed by atoms with van der Waals surface area (Å²) in [6, 6.07) is 0.379. The second-order valence-electron chi connectivity index (χ2n) is 3.26. The largest absolute Gasteiger partial charge is 0.396 e. The zero-order valence-corrected chi connectivity index (χ0v) is 9.39. The van der Waals surface area contributed by atoms with Crippen LogP contribution in [0.25, 0.3) is 0 Å². The molecule has 1 atom stereocenters. The second kappa shape index (κ2) is 6.63. The van der Waals surface area contributed by atoms with Crippen LogP contribution in [0.15, 0.2) is 11.1 Å². The zero-order chi connectivity index (χ0) is 9.56. The molecular weight excluding hydrogens is 218 g/mol. The van der Waals surface area contributed by atoms with E-state index < -0.39 is 0 Å². The lowest BCUT2D eigenvalue weighted by Gasteiger charge is -2.21. The van der Waals surface area contributed by atoms with E-state index in [-0.39, 0.29) is 6.61 Å². The van der Waals surface area contributed by atoms with Gasteiger partial charge in [0, 0.05) is 23.7 Å². The van der Waals surface area contributed by atoms with Gasteiger partial charge in [0.15, 0.2) is 0 Å². The van der Waals surface area contributed by atoms with Gasteiger partial charge in [-0.25, -0.2) is 0 Å². The van der Waals surface area contributed by atoms with Crippen molar-refractivity contribution in [3.05, 3.63) is 11.1 Å². The molecule has 0 aliphatic heterocycles. The van der Waals surface area contributed by atoms with E-state index in [4.69, 9.17) is 5.11 Å². The molecule has 0 bridgehead atoms. The third-order valence-corrected chi connectivity index (χ3v) is 2.08. The van der Waals surface area contributed by atoms with Crippen LogP contribution in [-0.2, 0) is 0 Å². The molecule has 3 heteroatoms. The van der Waals surface area contributed by atoms with Crippen LogP contribution in [0.1, 0.15) is 20.3 Å². The van der Waals surface area contributed by atoms with Gasteiger partial charge in [0.25, 0.3) is 0 Å². The number of aliphatic hydroxyl groups is 1. The Balaban J connectivity index is 3.70. The lowest BCUT2D eigenvalue weighted by atomic mass is 10.0. The van der Waals surface area contributed by atoms with Crippen molar-refractivity contribution in [3.8, 4) is 0 Å². The number of nitrogens with one attached hydrogen (secondary N) is 1. The van der Waals surface area contributed by atoms with Crippen molar-refractivity contribution in [2.75, 3.05) is 13.2 Å². The van der Waals surface area contributed by atoms with Gasteiger partial charge >= 0.3 is 0 Å². The fourth-order valence-electron chi connectivity index (χ4n) is 1.05. The van der Waals surface area contributed by atoms with Crippen LogP contribution < -0.4 is 5.32 Å². The summed E-state index contributed by atoms with van der Waals surface area (Å²) >= 11 is 3.28. The van der Waals surface area contributed by atoms with E-state index in [1.54, 1.807) is 0 Å². The molecule has 72 valence electrons. The van der Waals surface area contributed by atoms with E-state index in [1.807, 2.05) is 0 Å². The molecule has 0 aliphatic carbocycles. The summed E-state index contributed by atoms with van der Waals surface area (Å²) in [6.07, 6.45) is 0.804. The first-order valence-corrected chi connectivity index (χ1v) is 5.04. The molecule has 0 aromatic heterocycles. The highest BCUT2D eigenvalue weighted by Gasteiger charge is 2.11. The van der Waals surface area contributed by atoms with Crippen LogP contribution in [0, 0.1) is 5.92 Å². The molecule has 0 fully saturated rings. The van der Waals surface area contributed by atoms with Crippen molar-refractivity contribution < 1.29 is 5.11 Å². The van der Waals surface area contributed by atoms with Crippen molar-refractivity contribution in [3.63, 3.8) is 0 Å². The Bertz CT molecular complexity index is 136. The molecule has 0 aromatic carbocycles. The molecule has 2 N–H and O–H groups in total. The zero-order valence-electron chi connectivity index (χ0n) is 7.81. The van der Waals surface area contributed by atoms with Gasteiger partial charge in [0.05, 0.1) is 0 Å². The predicted molar refractivity (Wildman–Crippen MR) is 56.4 cm³/mol. The van der Waals surface area contributed by atoms with Crippen LogP contribution in [0.5, 0.6) is 0 Å². The Morgan fingerprint density at radius 2 is 2.17 bits per heavy atom. The molecule has 0 aromatic rings. The molecule has 0 amide bonds. The lowest BCUT2D eigenvalue weighted by Crippen LogP contribution is -2.35. The summed E-state index contributed by atoms with van der Waals surface area (Å²) in [4.78, 5) is 0. The molecule has 0 radical (unpaired) electrons. The fraction of sp³-hybridized carbons (Fsp3) is 0.778. The van der Waals surface area contributed by atoms with Crippen molar-refractivity contribution in [2.24, 2.45) is 5.92 Å². The van der Waals surface area contributed by atoms with Crippen LogP contribution in [-0.4, -0.2) is 24.3 Å². The van der Waals surface area contributed by atoms with Crippen molar-refractivity contribution in [1.82, 2.24) is 5.32 Å². The van der Waals surface area contributed by atoms with Gasteiger partial charge in [-0.2, -0.15) is 0 Å². The summed E-state index contributed by atoms with van der Waals surface area (Å²) < 4.78 is 0.950. The minimum absolute atomic E-state index is 0.241. The van der Waals surface area contributed by atoms with Gasteiger partial charge < -0.3 is 10.4 Å². The number of hydrogen-bond acceptors (Lipinski definition) is 2. The second-order valence-corrected chi connectivity index (χ2v) is 4.38. The SMILES string of the molecule is C=C(Br)CNC(CCO)C(C)C. The summed E-state index contributed by atoms with van der Waals surface area (Å²) in [6.45, 7) is 9.03. The summed E-state index contributed by atoms with van der Waals surface area (Å²) in [7, 11) is 0. The van der Waals surface area contributed by atoms with E-state index in [0.29, 0.717) is 12.0 Å². The fourth-order valence-corrected chi connectivity index (χ4v) is 1.21. The van der Waals surface area contributed by atoms with E-state index >= 15 is 0 Å². The van der Waals surface area contributed by atoms with Gasteiger partial charge in [-0.15, -0.1) is 0 Å². The van der Waals surface area contributed by atoms with Crippen LogP contribution in [0.2, 0.25) is 0 Å². The van der Waals surface area contributed by atoms with Gasteiger partial charge in [-0.1, -0.05) is 36.4 Å². The molecule has 2 nitrogen and oxygen atoms in total. The average Bonchev–Trinajstić information content (AvgIpc) is 1.96. The molecule has 1 unspecified atom stereocenters. The Morgan fingerprint density at radius 3 is 2.50 bits per heavy atom. The number of halogens is 1. The third-order valence-electron chi connectivity index (χ3n) is 1.80. The summed E-state index contributed by atoms with van der Waals surface area (Å²) in [5.41, 5.74) is 0. The topological polar surface area (TPSA) is 32.3 Å². The van der Waals surface area contributed by atoms with Gasteiger partial charge in [-0.05, 0) is 12.3 Å². The molecule has 0 spiro atoms. The Kier molecular flexibility index (Phi) is 6.71. The van der Waals surface area contributed by atoms with Crippen molar-refractivity contribution in [2.45, 2.75) is 26.3 Å². The van der Waals surface area contributed by atoms with E-state index in [9.17, 15) is 0 Å². The third kappa shape index (κ3) is 5.75. The van der Waals surface area contributed by atoms with E-state index in [0.717, 1.165) is 17.4 Å². The Morgan fingerprint density at radius 1 is 1.58 bits per heavy atom. The van der Waals surface area contributed by atoms with Crippen LogP contribution in [0.4, 0.5) is 0 Å². The lowest BCUT2D eigenvalue weighted by molar-refractivity contribution is 0.247. The minimum atomic E-state index is 0.241. The molecule has 0 saturated heterocycles. The van der Waals surface area contributed by atoms with Crippen LogP contribution >= 0.6 is 15.9 Å². The minimum Gasteiger partial charge on any atom is -0.396 e. The normalized spacial score (nSPS) is 13.4. The first-order valence-electron chi connectivity index (χ1n) is 4.25. The quantitative estimate of drug-likeness (QED) is 0.738. The molecule has 0 heterocycles. The summed E-state index contributed by atoms with van der Waals surface area (Å²) in [5.74, 6) is 0.545. The molecule has 0 aliphatic rings. The number of hydrogen-bond donors (Lipinski definition) is 2. The van der Waals surface area contributed by atoms with Crippen molar-refractivity contribution in [1.29, 1.82) is 0 Å². The monoisotopic (exact) mass is 235 g/mol. The first kappa shape index (κ1) is 12.1. The standard InChI is InChI=1S/C9H18BrNO/c1-7(2)9(4-5-12)11-6-8(3)10/h7,9,11-12H,3-6H2,1-2H3. The van der Waals surface area contributed by atoms with E-state index in [2.05, 4.69) is 41.7 Å². The molecule has 0 rings (SSSR count). The Hall–Kier alpha value is 0.140. The number of rotatable bonds is 6. The molecule has 0 saturated carbocycles. The molecular formula is C9H18BrNO. The highest BCUT2D eigenvalue weighted by atomic mass is 79.9. The average molecular weight is 236 g/mol.